The molecular weight excluding hydrogens is 317 g/mol. The van der Waals surface area contributed by atoms with E-state index in [1.165, 1.54) is 0 Å². The Morgan fingerprint density at radius 2 is 2.06 bits per heavy atom. The van der Waals surface area contributed by atoms with Gasteiger partial charge in [0.05, 0.1) is 9.26 Å². The Bertz CT molecular complexity index is 328. The van der Waals surface area contributed by atoms with Crippen LogP contribution in [-0.4, -0.2) is 24.1 Å². The normalized spacial score (nSPS) is 12.6. The highest BCUT2D eigenvalue weighted by molar-refractivity contribution is 14.1. The van der Waals surface area contributed by atoms with Crippen molar-refractivity contribution in [2.75, 3.05) is 19.5 Å². The largest absolute Gasteiger partial charge is 0.373 e. The van der Waals surface area contributed by atoms with E-state index in [4.69, 9.17) is 4.74 Å². The van der Waals surface area contributed by atoms with E-state index in [2.05, 4.69) is 51.7 Å². The summed E-state index contributed by atoms with van der Waals surface area (Å²) in [7, 11) is 3.57. The molecule has 0 radical (unpaired) electrons. The monoisotopic (exact) mass is 335 g/mol. The predicted molar refractivity (Wildman–Crippen MR) is 73.7 cm³/mol. The van der Waals surface area contributed by atoms with Gasteiger partial charge < -0.3 is 10.1 Å². The number of hydrogen-bond donors (Lipinski definition) is 1. The minimum absolute atomic E-state index is 0.0191. The quantitative estimate of drug-likeness (QED) is 0.841. The highest BCUT2D eigenvalue weighted by Crippen LogP contribution is 2.24. The molecule has 0 fully saturated rings. The minimum Gasteiger partial charge on any atom is -0.373 e. The van der Waals surface area contributed by atoms with Crippen LogP contribution in [0.3, 0.4) is 0 Å². The summed E-state index contributed by atoms with van der Waals surface area (Å²) in [5.41, 5.74) is 1.07. The number of anilines is 1. The van der Waals surface area contributed by atoms with Crippen LogP contribution in [-0.2, 0) is 11.2 Å². The van der Waals surface area contributed by atoms with Gasteiger partial charge in [0.2, 0.25) is 0 Å². The third-order valence-corrected chi connectivity index (χ3v) is 3.59. The molecule has 0 aliphatic rings. The molecule has 0 amide bonds. The summed E-state index contributed by atoms with van der Waals surface area (Å²) < 4.78 is 6.46. The van der Waals surface area contributed by atoms with Gasteiger partial charge in [0.15, 0.2) is 5.82 Å². The highest BCUT2D eigenvalue weighted by atomic mass is 127. The van der Waals surface area contributed by atoms with E-state index in [-0.39, 0.29) is 6.10 Å². The van der Waals surface area contributed by atoms with Crippen molar-refractivity contribution in [1.82, 2.24) is 9.97 Å². The molecular formula is C11H18IN3O. The second-order valence-corrected chi connectivity index (χ2v) is 4.51. The molecule has 0 saturated carbocycles. The van der Waals surface area contributed by atoms with Crippen LogP contribution in [0.1, 0.15) is 37.9 Å². The molecule has 1 aromatic heterocycles. The third kappa shape index (κ3) is 2.82. The number of hydrogen-bond acceptors (Lipinski definition) is 4. The molecule has 1 atom stereocenters. The maximum absolute atomic E-state index is 5.37. The Hall–Kier alpha value is -0.430. The van der Waals surface area contributed by atoms with Crippen LogP contribution in [0.15, 0.2) is 0 Å². The summed E-state index contributed by atoms with van der Waals surface area (Å²) in [5.74, 6) is 1.66. The highest BCUT2D eigenvalue weighted by Gasteiger charge is 2.16. The van der Waals surface area contributed by atoms with Crippen molar-refractivity contribution in [3.63, 3.8) is 0 Å². The Labute approximate surface area is 110 Å². The molecule has 0 aliphatic carbocycles. The van der Waals surface area contributed by atoms with E-state index in [1.807, 2.05) is 7.05 Å². The molecule has 1 N–H and O–H groups in total. The lowest BCUT2D eigenvalue weighted by Crippen LogP contribution is -2.11. The molecule has 16 heavy (non-hydrogen) atoms. The van der Waals surface area contributed by atoms with Crippen LogP contribution in [0.4, 0.5) is 5.82 Å². The summed E-state index contributed by atoms with van der Waals surface area (Å²) in [4.78, 5) is 9.04. The summed E-state index contributed by atoms with van der Waals surface area (Å²) in [5, 5.41) is 3.10. The van der Waals surface area contributed by atoms with Crippen LogP contribution < -0.4 is 5.32 Å². The average molecular weight is 335 g/mol. The van der Waals surface area contributed by atoms with Crippen LogP contribution in [0.2, 0.25) is 0 Å². The maximum atomic E-state index is 5.37. The van der Waals surface area contributed by atoms with Gasteiger partial charge in [-0.2, -0.15) is 0 Å². The van der Waals surface area contributed by atoms with Gasteiger partial charge >= 0.3 is 0 Å². The number of rotatable bonds is 5. The molecule has 90 valence electrons. The lowest BCUT2D eigenvalue weighted by Gasteiger charge is -2.15. The molecule has 4 nitrogen and oxygen atoms in total. The number of aryl methyl sites for hydroxylation is 1. The zero-order chi connectivity index (χ0) is 12.1. The molecule has 0 aromatic carbocycles. The van der Waals surface area contributed by atoms with Gasteiger partial charge in [-0.3, -0.25) is 0 Å². The first kappa shape index (κ1) is 13.6. The van der Waals surface area contributed by atoms with Gasteiger partial charge in [0, 0.05) is 14.2 Å². The van der Waals surface area contributed by atoms with Crippen molar-refractivity contribution in [3.05, 3.63) is 15.1 Å². The van der Waals surface area contributed by atoms with Crippen molar-refractivity contribution in [2.45, 2.75) is 32.8 Å². The zero-order valence-corrected chi connectivity index (χ0v) is 12.3. The first-order valence-corrected chi connectivity index (χ1v) is 6.52. The number of aromatic nitrogens is 2. The number of nitrogens with one attached hydrogen (secondary N) is 1. The van der Waals surface area contributed by atoms with Gasteiger partial charge in [0.1, 0.15) is 11.9 Å². The summed E-state index contributed by atoms with van der Waals surface area (Å²) in [6, 6.07) is 0. The fourth-order valence-electron chi connectivity index (χ4n) is 1.51. The molecule has 0 saturated heterocycles. The van der Waals surface area contributed by atoms with Crippen LogP contribution in [0.25, 0.3) is 0 Å². The Kier molecular flexibility index (Phi) is 5.40. The summed E-state index contributed by atoms with van der Waals surface area (Å²) >= 11 is 2.28. The van der Waals surface area contributed by atoms with Gasteiger partial charge in [-0.15, -0.1) is 0 Å². The first-order chi connectivity index (χ1) is 7.67. The van der Waals surface area contributed by atoms with Crippen molar-refractivity contribution in [2.24, 2.45) is 0 Å². The fraction of sp³-hybridized carbons (Fsp3) is 0.636. The minimum atomic E-state index is -0.0191. The van der Waals surface area contributed by atoms with Crippen molar-refractivity contribution in [3.8, 4) is 0 Å². The van der Waals surface area contributed by atoms with E-state index in [0.29, 0.717) is 0 Å². The molecule has 0 aliphatic heterocycles. The van der Waals surface area contributed by atoms with Crippen LogP contribution >= 0.6 is 22.6 Å². The molecule has 1 aromatic rings. The fourth-order valence-corrected chi connectivity index (χ4v) is 2.40. The van der Waals surface area contributed by atoms with E-state index >= 15 is 0 Å². The average Bonchev–Trinajstić information content (AvgIpc) is 2.32. The lowest BCUT2D eigenvalue weighted by molar-refractivity contribution is 0.0925. The standard InChI is InChI=1S/C11H18IN3O/c1-5-7-9(12)11(13-3)15-10(14-7)8(6-2)16-4/h8H,5-6H2,1-4H3,(H,13,14,15). The number of methoxy groups -OCH3 is 1. The second-order valence-electron chi connectivity index (χ2n) is 3.43. The SMILES string of the molecule is CCc1nc(C(CC)OC)nc(NC)c1I. The van der Waals surface area contributed by atoms with Crippen molar-refractivity contribution >= 4 is 28.4 Å². The maximum Gasteiger partial charge on any atom is 0.159 e. The van der Waals surface area contributed by atoms with E-state index in [0.717, 1.165) is 33.7 Å². The first-order valence-electron chi connectivity index (χ1n) is 5.44. The molecule has 1 heterocycles. The zero-order valence-electron chi connectivity index (χ0n) is 10.2. The lowest BCUT2D eigenvalue weighted by atomic mass is 10.2. The Balaban J connectivity index is 3.20. The Morgan fingerprint density at radius 3 is 2.50 bits per heavy atom. The van der Waals surface area contributed by atoms with Crippen molar-refractivity contribution in [1.29, 1.82) is 0 Å². The van der Waals surface area contributed by atoms with Gasteiger partial charge in [0.25, 0.3) is 0 Å². The van der Waals surface area contributed by atoms with Crippen LogP contribution in [0.5, 0.6) is 0 Å². The van der Waals surface area contributed by atoms with Gasteiger partial charge in [-0.1, -0.05) is 13.8 Å². The van der Waals surface area contributed by atoms with Crippen molar-refractivity contribution < 1.29 is 4.74 Å². The molecule has 0 spiro atoms. The predicted octanol–water partition coefficient (Wildman–Crippen LogP) is 2.78. The summed E-state index contributed by atoms with van der Waals surface area (Å²) in [6.45, 7) is 4.17. The number of nitrogens with zero attached hydrogens (tertiary/aromatic N) is 2. The number of halogens is 1. The smallest absolute Gasteiger partial charge is 0.159 e. The molecule has 0 bridgehead atoms. The second kappa shape index (κ2) is 6.34. The third-order valence-electron chi connectivity index (χ3n) is 2.45. The van der Waals surface area contributed by atoms with E-state index in [9.17, 15) is 0 Å². The molecule has 1 unspecified atom stereocenters. The Morgan fingerprint density at radius 1 is 1.38 bits per heavy atom. The van der Waals surface area contributed by atoms with Gasteiger partial charge in [-0.05, 0) is 35.4 Å². The van der Waals surface area contributed by atoms with E-state index in [1.54, 1.807) is 7.11 Å². The summed E-state index contributed by atoms with van der Waals surface area (Å²) in [6.07, 6.45) is 1.76. The number of ether oxygens (including phenoxy) is 1. The van der Waals surface area contributed by atoms with Crippen LogP contribution in [0, 0.1) is 3.57 Å². The van der Waals surface area contributed by atoms with E-state index < -0.39 is 0 Å². The molecule has 1 rings (SSSR count). The topological polar surface area (TPSA) is 47.0 Å². The van der Waals surface area contributed by atoms with Gasteiger partial charge in [-0.25, -0.2) is 9.97 Å². The molecule has 5 heteroatoms.